The van der Waals surface area contributed by atoms with E-state index < -0.39 is 12.3 Å². The quantitative estimate of drug-likeness (QED) is 0.374. The molecule has 4 heteroatoms. The Morgan fingerprint density at radius 1 is 1.67 bits per heavy atom. The molecule has 0 fully saturated rings. The highest BCUT2D eigenvalue weighted by atomic mass is 16.6. The molecule has 3 N–H and O–H groups in total. The summed E-state index contributed by atoms with van der Waals surface area (Å²) in [5.74, 6) is -0.463. The van der Waals surface area contributed by atoms with Crippen molar-refractivity contribution in [3.8, 4) is 0 Å². The van der Waals surface area contributed by atoms with Crippen LogP contribution >= 0.6 is 0 Å². The van der Waals surface area contributed by atoms with Crippen LogP contribution in [0.5, 0.6) is 0 Å². The molecule has 0 aromatic heterocycles. The normalized spacial score (nSPS) is 10.8. The van der Waals surface area contributed by atoms with Crippen molar-refractivity contribution in [1.82, 2.24) is 0 Å². The average molecular weight is 135 g/mol. The van der Waals surface area contributed by atoms with E-state index in [1.165, 1.54) is 20.9 Å². The van der Waals surface area contributed by atoms with E-state index in [0.717, 1.165) is 0 Å². The molecule has 0 saturated carbocycles. The molecule has 0 amide bonds. The van der Waals surface area contributed by atoms with Crippen molar-refractivity contribution < 1.29 is 14.6 Å². The lowest BCUT2D eigenvalue weighted by molar-refractivity contribution is -0.161. The maximum absolute atomic E-state index is 9.87. The molecule has 0 aliphatic carbocycles. The average Bonchev–Trinajstić information content (AvgIpc) is 1.68. The number of esters is 1. The van der Waals surface area contributed by atoms with Crippen LogP contribution in [0, 0.1) is 0 Å². The van der Waals surface area contributed by atoms with Gasteiger partial charge in [0.05, 0.1) is 0 Å². The third kappa shape index (κ3) is 18.7. The Bertz CT molecular complexity index is 72.6. The summed E-state index contributed by atoms with van der Waals surface area (Å²) in [4.78, 5) is 9.87. The van der Waals surface area contributed by atoms with E-state index >= 15 is 0 Å². The Balaban J connectivity index is 0. The summed E-state index contributed by atoms with van der Waals surface area (Å²) in [6.07, 6.45) is -0.975. The summed E-state index contributed by atoms with van der Waals surface area (Å²) in [5, 5.41) is 8.28. The Labute approximate surface area is 54.6 Å². The Hall–Kier alpha value is -0.610. The van der Waals surface area contributed by atoms with Crippen molar-refractivity contribution in [2.75, 3.05) is 7.05 Å². The number of ether oxygens (including phenoxy) is 1. The van der Waals surface area contributed by atoms with E-state index in [4.69, 9.17) is 5.11 Å². The fourth-order valence-corrected chi connectivity index (χ4v) is 0.240. The maximum atomic E-state index is 9.87. The van der Waals surface area contributed by atoms with Crippen molar-refractivity contribution in [3.63, 3.8) is 0 Å². The van der Waals surface area contributed by atoms with E-state index in [2.05, 4.69) is 10.5 Å². The van der Waals surface area contributed by atoms with Crippen LogP contribution in [-0.4, -0.2) is 24.4 Å². The van der Waals surface area contributed by atoms with Crippen molar-refractivity contribution in [2.45, 2.75) is 20.1 Å². The summed E-state index contributed by atoms with van der Waals surface area (Å²) in [6.45, 7) is 2.62. The third-order valence-electron chi connectivity index (χ3n) is 0.337. The fourth-order valence-electron chi connectivity index (χ4n) is 0.240. The lowest BCUT2D eigenvalue weighted by atomic mass is 10.7. The third-order valence-corrected chi connectivity index (χ3v) is 0.337. The fraction of sp³-hybridized carbons (Fsp3) is 0.800. The molecule has 0 spiro atoms. The largest absolute Gasteiger partial charge is 0.436 e. The van der Waals surface area contributed by atoms with Gasteiger partial charge in [0.15, 0.2) is 6.29 Å². The minimum Gasteiger partial charge on any atom is -0.436 e. The van der Waals surface area contributed by atoms with Gasteiger partial charge in [-0.3, -0.25) is 4.79 Å². The molecular formula is C5H13NO3. The van der Waals surface area contributed by atoms with E-state index in [1.807, 2.05) is 0 Å². The number of rotatable bonds is 1. The topological polar surface area (TPSA) is 72.5 Å². The number of hydrogen-bond acceptors (Lipinski definition) is 4. The lowest BCUT2D eigenvalue weighted by Crippen LogP contribution is -2.09. The molecule has 0 aromatic carbocycles. The first-order chi connectivity index (χ1) is 4.13. The molecule has 0 bridgehead atoms. The Morgan fingerprint density at radius 2 is 2.00 bits per heavy atom. The van der Waals surface area contributed by atoms with Crippen LogP contribution in [0.15, 0.2) is 0 Å². The van der Waals surface area contributed by atoms with Gasteiger partial charge in [0, 0.05) is 6.92 Å². The number of aliphatic hydroxyl groups excluding tert-OH is 1. The van der Waals surface area contributed by atoms with Gasteiger partial charge in [-0.25, -0.2) is 0 Å². The summed E-state index contributed by atoms with van der Waals surface area (Å²) >= 11 is 0. The van der Waals surface area contributed by atoms with Gasteiger partial charge in [0.25, 0.3) is 0 Å². The summed E-state index contributed by atoms with van der Waals surface area (Å²) < 4.78 is 4.17. The standard InChI is InChI=1S/C4H8O3.CH5N/c1-3(5)7-4(2)6;1-2/h3,5H,1-2H3;2H2,1H3. The first-order valence-corrected chi connectivity index (χ1v) is 2.56. The van der Waals surface area contributed by atoms with Gasteiger partial charge in [-0.05, 0) is 14.0 Å². The van der Waals surface area contributed by atoms with Gasteiger partial charge in [0.2, 0.25) is 0 Å². The number of nitrogens with two attached hydrogens (primary N) is 1. The van der Waals surface area contributed by atoms with Crippen molar-refractivity contribution in [2.24, 2.45) is 5.73 Å². The highest BCUT2D eigenvalue weighted by Gasteiger charge is 1.95. The highest BCUT2D eigenvalue weighted by Crippen LogP contribution is 1.81. The molecule has 0 heterocycles. The number of carbonyl (C=O) groups excluding carboxylic acids is 1. The van der Waals surface area contributed by atoms with Gasteiger partial charge >= 0.3 is 5.97 Å². The predicted molar refractivity (Wildman–Crippen MR) is 33.6 cm³/mol. The molecule has 9 heavy (non-hydrogen) atoms. The molecule has 1 atom stereocenters. The van der Waals surface area contributed by atoms with Crippen LogP contribution in [0.2, 0.25) is 0 Å². The smallest absolute Gasteiger partial charge is 0.304 e. The Morgan fingerprint density at radius 3 is 2.00 bits per heavy atom. The predicted octanol–water partition coefficient (Wildman–Crippen LogP) is -0.537. The SMILES string of the molecule is CC(=O)OC(C)O.CN. The van der Waals surface area contributed by atoms with Crippen molar-refractivity contribution >= 4 is 5.97 Å². The van der Waals surface area contributed by atoms with Gasteiger partial charge in [0.1, 0.15) is 0 Å². The first kappa shape index (κ1) is 11.2. The lowest BCUT2D eigenvalue weighted by Gasteiger charge is -2.00. The molecule has 0 radical (unpaired) electrons. The van der Waals surface area contributed by atoms with Crippen molar-refractivity contribution in [1.29, 1.82) is 0 Å². The highest BCUT2D eigenvalue weighted by molar-refractivity contribution is 5.65. The zero-order chi connectivity index (χ0) is 7.86. The van der Waals surface area contributed by atoms with Crippen LogP contribution < -0.4 is 5.73 Å². The first-order valence-electron chi connectivity index (χ1n) is 2.56. The molecule has 4 nitrogen and oxygen atoms in total. The second kappa shape index (κ2) is 7.39. The molecule has 0 aliphatic rings. The van der Waals surface area contributed by atoms with Gasteiger partial charge in [-0.15, -0.1) is 0 Å². The minimum atomic E-state index is -0.975. The number of aliphatic hydroxyl groups is 1. The molecule has 1 unspecified atom stereocenters. The zero-order valence-electron chi connectivity index (χ0n) is 5.92. The number of carbonyl (C=O) groups is 1. The summed E-state index contributed by atoms with van der Waals surface area (Å²) in [5.41, 5.74) is 4.50. The zero-order valence-corrected chi connectivity index (χ0v) is 5.92. The second-order valence-electron chi connectivity index (χ2n) is 1.21. The van der Waals surface area contributed by atoms with Gasteiger partial charge in [-0.1, -0.05) is 0 Å². The molecule has 0 saturated heterocycles. The van der Waals surface area contributed by atoms with Crippen LogP contribution in [-0.2, 0) is 9.53 Å². The molecular weight excluding hydrogens is 122 g/mol. The Kier molecular flexibility index (Phi) is 9.21. The molecule has 56 valence electrons. The van der Waals surface area contributed by atoms with E-state index in [0.29, 0.717) is 0 Å². The number of hydrogen-bond donors (Lipinski definition) is 2. The molecule has 0 aromatic rings. The van der Waals surface area contributed by atoms with Crippen LogP contribution in [0.25, 0.3) is 0 Å². The monoisotopic (exact) mass is 135 g/mol. The summed E-state index contributed by atoms with van der Waals surface area (Å²) in [6, 6.07) is 0. The van der Waals surface area contributed by atoms with Crippen LogP contribution in [0.3, 0.4) is 0 Å². The van der Waals surface area contributed by atoms with Gasteiger partial charge in [-0.2, -0.15) is 0 Å². The van der Waals surface area contributed by atoms with Crippen LogP contribution in [0.4, 0.5) is 0 Å². The van der Waals surface area contributed by atoms with E-state index in [9.17, 15) is 4.79 Å². The minimum absolute atomic E-state index is 0.463. The summed E-state index contributed by atoms with van der Waals surface area (Å²) in [7, 11) is 1.50. The second-order valence-corrected chi connectivity index (χ2v) is 1.21. The van der Waals surface area contributed by atoms with E-state index in [-0.39, 0.29) is 0 Å². The van der Waals surface area contributed by atoms with Gasteiger partial charge < -0.3 is 15.6 Å². The molecule has 0 rings (SSSR count). The van der Waals surface area contributed by atoms with Crippen LogP contribution in [0.1, 0.15) is 13.8 Å². The van der Waals surface area contributed by atoms with E-state index in [1.54, 1.807) is 0 Å². The van der Waals surface area contributed by atoms with Crippen molar-refractivity contribution in [3.05, 3.63) is 0 Å². The molecule has 0 aliphatic heterocycles. The maximum Gasteiger partial charge on any atom is 0.304 e.